The maximum atomic E-state index is 5.06. The molecule has 2 heteroatoms. The van der Waals surface area contributed by atoms with Gasteiger partial charge in [-0.3, -0.25) is 10.3 Å². The van der Waals surface area contributed by atoms with Gasteiger partial charge in [-0.1, -0.05) is 127 Å². The maximum absolute atomic E-state index is 5.06. The van der Waals surface area contributed by atoms with Crippen LogP contribution in [0.2, 0.25) is 0 Å². The summed E-state index contributed by atoms with van der Waals surface area (Å²) in [6.45, 7) is 8.78. The highest BCUT2D eigenvalue weighted by Gasteiger charge is 2.24. The molecule has 2 nitrogen and oxygen atoms in total. The molecule has 41 heavy (non-hydrogen) atoms. The lowest BCUT2D eigenvalue weighted by molar-refractivity contribution is 0.350. The van der Waals surface area contributed by atoms with Crippen LogP contribution in [-0.2, 0) is 12.0 Å². The van der Waals surface area contributed by atoms with Crippen molar-refractivity contribution in [3.63, 3.8) is 0 Å². The average Bonchev–Trinajstić information content (AvgIpc) is 3.00. The zero-order valence-electron chi connectivity index (χ0n) is 24.6. The molecule has 0 radical (unpaired) electrons. The third-order valence-electron chi connectivity index (χ3n) is 7.84. The average molecular weight is 537 g/mol. The molecular formula is C39H40N2. The highest BCUT2D eigenvalue weighted by atomic mass is 15.1. The minimum Gasteiger partial charge on any atom is -0.283 e. The Morgan fingerprint density at radius 1 is 0.683 bits per heavy atom. The number of hydrogen-bond acceptors (Lipinski definition) is 2. The Labute approximate surface area is 245 Å². The van der Waals surface area contributed by atoms with Gasteiger partial charge in [-0.15, -0.1) is 0 Å². The van der Waals surface area contributed by atoms with Crippen LogP contribution in [-0.4, -0.2) is 6.21 Å². The molecule has 0 fully saturated rings. The number of aliphatic imine (C=N–C) groups is 1. The van der Waals surface area contributed by atoms with Crippen LogP contribution in [0.1, 0.15) is 54.3 Å². The second-order valence-corrected chi connectivity index (χ2v) is 11.4. The van der Waals surface area contributed by atoms with Crippen molar-refractivity contribution in [2.24, 2.45) is 4.99 Å². The number of nitrogens with one attached hydrogen (secondary N) is 1. The summed E-state index contributed by atoms with van der Waals surface area (Å²) in [6.07, 6.45) is 3.76. The second-order valence-electron chi connectivity index (χ2n) is 11.4. The quantitative estimate of drug-likeness (QED) is 0.176. The van der Waals surface area contributed by atoms with Crippen molar-refractivity contribution in [2.75, 3.05) is 0 Å². The fourth-order valence-corrected chi connectivity index (χ4v) is 5.36. The first-order valence-corrected chi connectivity index (χ1v) is 14.6. The molecule has 5 aromatic rings. The number of hydrogen-bond donors (Lipinski definition) is 1. The van der Waals surface area contributed by atoms with Crippen LogP contribution < -0.4 is 5.32 Å². The van der Waals surface area contributed by atoms with Gasteiger partial charge in [0.15, 0.2) is 0 Å². The summed E-state index contributed by atoms with van der Waals surface area (Å²) in [5, 5.41) is 3.80. The van der Waals surface area contributed by atoms with Gasteiger partial charge < -0.3 is 0 Å². The van der Waals surface area contributed by atoms with Crippen LogP contribution in [0.3, 0.4) is 0 Å². The molecule has 0 aliphatic carbocycles. The number of rotatable bonds is 10. The summed E-state index contributed by atoms with van der Waals surface area (Å²) in [5.41, 5.74) is 11.2. The van der Waals surface area contributed by atoms with E-state index in [0.717, 1.165) is 18.4 Å². The van der Waals surface area contributed by atoms with E-state index in [1.807, 2.05) is 0 Å². The maximum Gasteiger partial charge on any atom is 0.125 e. The zero-order chi connectivity index (χ0) is 28.7. The van der Waals surface area contributed by atoms with E-state index in [1.54, 1.807) is 0 Å². The highest BCUT2D eigenvalue weighted by Crippen LogP contribution is 2.32. The first-order valence-electron chi connectivity index (χ1n) is 14.6. The molecular weight excluding hydrogens is 496 g/mol. The summed E-state index contributed by atoms with van der Waals surface area (Å²) >= 11 is 0. The zero-order valence-corrected chi connectivity index (χ0v) is 24.6. The minimum absolute atomic E-state index is 0.130. The van der Waals surface area contributed by atoms with Crippen LogP contribution in [0.4, 0.5) is 0 Å². The predicted molar refractivity (Wildman–Crippen MR) is 175 cm³/mol. The molecule has 0 amide bonds. The van der Waals surface area contributed by atoms with Crippen molar-refractivity contribution in [2.45, 2.75) is 52.2 Å². The molecule has 5 aromatic carbocycles. The Hall–Kier alpha value is -4.27. The fourth-order valence-electron chi connectivity index (χ4n) is 5.36. The van der Waals surface area contributed by atoms with E-state index in [1.165, 1.54) is 44.5 Å². The minimum atomic E-state index is -0.230. The lowest BCUT2D eigenvalue weighted by Crippen LogP contribution is -2.38. The van der Waals surface area contributed by atoms with Crippen LogP contribution in [0.15, 0.2) is 132 Å². The van der Waals surface area contributed by atoms with Crippen molar-refractivity contribution in [3.8, 4) is 22.3 Å². The van der Waals surface area contributed by atoms with Gasteiger partial charge in [0.2, 0.25) is 0 Å². The van der Waals surface area contributed by atoms with E-state index >= 15 is 0 Å². The van der Waals surface area contributed by atoms with Gasteiger partial charge in [0.25, 0.3) is 0 Å². The van der Waals surface area contributed by atoms with E-state index in [9.17, 15) is 0 Å². The SMILES string of the molecule is Cc1ccc(-c2ccc(C)c(-c3ccccc3CC/C=N\C(NC(C)(C)c3ccccc3)c3ccccc3)c2)cc1. The summed E-state index contributed by atoms with van der Waals surface area (Å²) in [5.74, 6) is 0. The summed E-state index contributed by atoms with van der Waals surface area (Å²) in [7, 11) is 0. The molecule has 0 aromatic heterocycles. The summed E-state index contributed by atoms with van der Waals surface area (Å²) < 4.78 is 0. The second kappa shape index (κ2) is 12.9. The summed E-state index contributed by atoms with van der Waals surface area (Å²) in [6, 6.07) is 45.5. The Bertz CT molecular complexity index is 1580. The lowest BCUT2D eigenvalue weighted by Gasteiger charge is -2.31. The van der Waals surface area contributed by atoms with E-state index in [4.69, 9.17) is 4.99 Å². The smallest absolute Gasteiger partial charge is 0.125 e. The molecule has 1 atom stereocenters. The Balaban J connectivity index is 1.35. The van der Waals surface area contributed by atoms with Gasteiger partial charge >= 0.3 is 0 Å². The fraction of sp³-hybridized carbons (Fsp3) is 0.205. The largest absolute Gasteiger partial charge is 0.283 e. The molecule has 0 heterocycles. The Morgan fingerprint density at radius 3 is 2.05 bits per heavy atom. The van der Waals surface area contributed by atoms with Gasteiger partial charge in [0, 0.05) is 11.8 Å². The normalized spacial score (nSPS) is 12.5. The van der Waals surface area contributed by atoms with Gasteiger partial charge in [-0.25, -0.2) is 0 Å². The Morgan fingerprint density at radius 2 is 1.32 bits per heavy atom. The van der Waals surface area contributed by atoms with Gasteiger partial charge in [0.1, 0.15) is 6.17 Å². The molecule has 5 rings (SSSR count). The molecule has 1 N–H and O–H groups in total. The van der Waals surface area contributed by atoms with Gasteiger partial charge in [-0.2, -0.15) is 0 Å². The third kappa shape index (κ3) is 7.09. The van der Waals surface area contributed by atoms with Gasteiger partial charge in [0.05, 0.1) is 0 Å². The Kier molecular flexibility index (Phi) is 8.91. The summed E-state index contributed by atoms with van der Waals surface area (Å²) in [4.78, 5) is 5.06. The van der Waals surface area contributed by atoms with Crippen molar-refractivity contribution in [1.29, 1.82) is 0 Å². The molecule has 206 valence electrons. The molecule has 0 aliphatic heterocycles. The van der Waals surface area contributed by atoms with Crippen molar-refractivity contribution in [3.05, 3.63) is 155 Å². The molecule has 0 bridgehead atoms. The van der Waals surface area contributed by atoms with E-state index in [2.05, 4.69) is 167 Å². The molecule has 1 unspecified atom stereocenters. The van der Waals surface area contributed by atoms with Crippen LogP contribution in [0.25, 0.3) is 22.3 Å². The predicted octanol–water partition coefficient (Wildman–Crippen LogP) is 9.86. The topological polar surface area (TPSA) is 24.4 Å². The number of nitrogens with zero attached hydrogens (tertiary/aromatic N) is 1. The standard InChI is InChI=1S/C39H40N2/c1-29-21-24-31(25-22-29)34-26-23-30(2)37(28-34)36-20-12-11-14-32(36)17-13-27-40-38(33-15-7-5-8-16-33)41-39(3,4)35-18-9-6-10-19-35/h5-12,14-16,18-28,38,41H,13,17H2,1-4H3/b40-27-. The number of benzene rings is 5. The number of aryl methyl sites for hydroxylation is 3. The van der Waals surface area contributed by atoms with Gasteiger partial charge in [-0.05, 0) is 91.1 Å². The van der Waals surface area contributed by atoms with E-state index < -0.39 is 0 Å². The van der Waals surface area contributed by atoms with Crippen LogP contribution in [0, 0.1) is 13.8 Å². The first-order chi connectivity index (χ1) is 19.9. The molecule has 0 saturated heterocycles. The molecule has 0 aliphatic rings. The highest BCUT2D eigenvalue weighted by molar-refractivity contribution is 5.77. The first kappa shape index (κ1) is 28.3. The van der Waals surface area contributed by atoms with Crippen molar-refractivity contribution < 1.29 is 0 Å². The molecule has 0 saturated carbocycles. The molecule has 0 spiro atoms. The van der Waals surface area contributed by atoms with Crippen LogP contribution >= 0.6 is 0 Å². The van der Waals surface area contributed by atoms with E-state index in [0.29, 0.717) is 0 Å². The van der Waals surface area contributed by atoms with Crippen molar-refractivity contribution >= 4 is 6.21 Å². The lowest BCUT2D eigenvalue weighted by atomic mass is 9.91. The van der Waals surface area contributed by atoms with E-state index in [-0.39, 0.29) is 11.7 Å². The van der Waals surface area contributed by atoms with Crippen LogP contribution in [0.5, 0.6) is 0 Å². The third-order valence-corrected chi connectivity index (χ3v) is 7.84. The monoisotopic (exact) mass is 536 g/mol. The van der Waals surface area contributed by atoms with Crippen molar-refractivity contribution in [1.82, 2.24) is 5.32 Å².